The molecule has 28 heavy (non-hydrogen) atoms. The van der Waals surface area contributed by atoms with Crippen LogP contribution >= 0.6 is 11.6 Å². The van der Waals surface area contributed by atoms with E-state index in [4.69, 9.17) is 17.3 Å². The lowest BCUT2D eigenvalue weighted by Gasteiger charge is -2.23. The van der Waals surface area contributed by atoms with Gasteiger partial charge in [-0.2, -0.15) is 0 Å². The van der Waals surface area contributed by atoms with Crippen LogP contribution in [0.4, 0.5) is 8.78 Å². The summed E-state index contributed by atoms with van der Waals surface area (Å²) in [7, 11) is 1.70. The molecule has 6 nitrogen and oxygen atoms in total. The van der Waals surface area contributed by atoms with Gasteiger partial charge in [-0.1, -0.05) is 11.6 Å². The Bertz CT molecular complexity index is 1070. The van der Waals surface area contributed by atoms with Crippen LogP contribution in [0, 0.1) is 0 Å². The van der Waals surface area contributed by atoms with Crippen molar-refractivity contribution in [1.29, 1.82) is 0 Å². The Morgan fingerprint density at radius 2 is 2.21 bits per heavy atom. The molecule has 0 bridgehead atoms. The number of benzene rings is 1. The molecule has 1 fully saturated rings. The largest absolute Gasteiger partial charge is 0.401 e. The molecule has 148 valence electrons. The Balaban J connectivity index is 1.96. The van der Waals surface area contributed by atoms with Crippen molar-refractivity contribution in [3.63, 3.8) is 0 Å². The molecule has 1 unspecified atom stereocenters. The van der Waals surface area contributed by atoms with E-state index in [-0.39, 0.29) is 19.6 Å². The van der Waals surface area contributed by atoms with Gasteiger partial charge in [0.25, 0.3) is 5.92 Å². The van der Waals surface area contributed by atoms with Crippen LogP contribution in [-0.2, 0) is 6.54 Å². The fraction of sp³-hybridized carbons (Fsp3) is 0.368. The van der Waals surface area contributed by atoms with E-state index in [1.165, 1.54) is 0 Å². The van der Waals surface area contributed by atoms with E-state index in [0.29, 0.717) is 38.5 Å². The zero-order valence-electron chi connectivity index (χ0n) is 15.6. The Hall–Kier alpha value is -2.45. The van der Waals surface area contributed by atoms with Crippen molar-refractivity contribution >= 4 is 33.5 Å². The van der Waals surface area contributed by atoms with Gasteiger partial charge in [-0.25, -0.2) is 13.8 Å². The number of nitrogens with one attached hydrogen (secondary N) is 1. The lowest BCUT2D eigenvalue weighted by atomic mass is 10.1. The van der Waals surface area contributed by atoms with Gasteiger partial charge in [-0.05, 0) is 32.2 Å². The summed E-state index contributed by atoms with van der Waals surface area (Å²) in [5.74, 6) is -2.38. The molecule has 1 aliphatic rings. The first-order valence-corrected chi connectivity index (χ1v) is 9.31. The normalized spacial score (nSPS) is 20.3. The molecule has 3 aromatic rings. The quantitative estimate of drug-likeness (QED) is 0.695. The highest BCUT2D eigenvalue weighted by Crippen LogP contribution is 2.40. The predicted octanol–water partition coefficient (Wildman–Crippen LogP) is 3.27. The monoisotopic (exact) mass is 406 g/mol. The first-order valence-electron chi connectivity index (χ1n) is 8.93. The minimum atomic E-state index is -2.88. The van der Waals surface area contributed by atoms with Gasteiger partial charge < -0.3 is 15.6 Å². The first kappa shape index (κ1) is 18.9. The van der Waals surface area contributed by atoms with E-state index in [1.807, 2.05) is 0 Å². The summed E-state index contributed by atoms with van der Waals surface area (Å²) in [5, 5.41) is 4.28. The molecule has 9 heteroatoms. The number of hydrogen-bond acceptors (Lipinski definition) is 5. The number of imidazole rings is 1. The molecule has 3 N–H and O–H groups in total. The number of pyridine rings is 1. The van der Waals surface area contributed by atoms with Crippen LogP contribution in [0.3, 0.4) is 0 Å². The standard InChI is InChI=1S/C19H21ClF2N6/c1-11(23)6-24-8-17-26-15-7-25-14-4-3-12(20)5-13(14)18(15)28(17)16-9-27(2)10-19(16,21)22/h3-7,16,24H,8-10,23H2,1-2H3/b11-6-. The third-order valence-electron chi connectivity index (χ3n) is 4.91. The third-order valence-corrected chi connectivity index (χ3v) is 5.14. The Morgan fingerprint density at radius 3 is 2.89 bits per heavy atom. The van der Waals surface area contributed by atoms with Crippen LogP contribution in [0.15, 0.2) is 36.3 Å². The second kappa shape index (κ2) is 6.86. The highest BCUT2D eigenvalue weighted by molar-refractivity contribution is 6.31. The van der Waals surface area contributed by atoms with Gasteiger partial charge in [-0.3, -0.25) is 9.88 Å². The SMILES string of the molecule is C/C(N)=C/NCc1nc2cnc3ccc(Cl)cc3c2n1C1CN(C)CC1(F)F. The van der Waals surface area contributed by atoms with Gasteiger partial charge in [0.05, 0.1) is 30.3 Å². The maximum Gasteiger partial charge on any atom is 0.282 e. The van der Waals surface area contributed by atoms with Crippen molar-refractivity contribution in [3.05, 3.63) is 47.1 Å². The van der Waals surface area contributed by atoms with Gasteiger partial charge in [0.15, 0.2) is 0 Å². The molecule has 1 aromatic carbocycles. The van der Waals surface area contributed by atoms with E-state index in [1.54, 1.807) is 54.0 Å². The van der Waals surface area contributed by atoms with Gasteiger partial charge in [-0.15, -0.1) is 0 Å². The van der Waals surface area contributed by atoms with E-state index < -0.39 is 12.0 Å². The summed E-state index contributed by atoms with van der Waals surface area (Å²) >= 11 is 6.19. The highest BCUT2D eigenvalue weighted by Gasteiger charge is 2.49. The lowest BCUT2D eigenvalue weighted by Crippen LogP contribution is -2.31. The zero-order valence-corrected chi connectivity index (χ0v) is 16.3. The summed E-state index contributed by atoms with van der Waals surface area (Å²) in [4.78, 5) is 10.6. The highest BCUT2D eigenvalue weighted by atomic mass is 35.5. The van der Waals surface area contributed by atoms with E-state index >= 15 is 0 Å². The zero-order chi connectivity index (χ0) is 20.1. The van der Waals surface area contributed by atoms with Crippen molar-refractivity contribution in [3.8, 4) is 0 Å². The number of nitrogens with zero attached hydrogens (tertiary/aromatic N) is 4. The summed E-state index contributed by atoms with van der Waals surface area (Å²) in [6.07, 6.45) is 3.25. The summed E-state index contributed by atoms with van der Waals surface area (Å²) in [5.41, 5.74) is 8.12. The molecule has 1 atom stereocenters. The van der Waals surface area contributed by atoms with Crippen LogP contribution in [0.25, 0.3) is 21.9 Å². The summed E-state index contributed by atoms with van der Waals surface area (Å²) in [6.45, 7) is 1.94. The van der Waals surface area contributed by atoms with E-state index in [9.17, 15) is 8.78 Å². The number of fused-ring (bicyclic) bond motifs is 3. The fourth-order valence-corrected chi connectivity index (χ4v) is 3.96. The minimum absolute atomic E-state index is 0.224. The van der Waals surface area contributed by atoms with Crippen LogP contribution in [0.1, 0.15) is 18.8 Å². The Kier molecular flexibility index (Phi) is 4.63. The molecule has 1 aliphatic heterocycles. The molecule has 0 saturated carbocycles. The number of likely N-dealkylation sites (tertiary alicyclic amines) is 1. The maximum absolute atomic E-state index is 14.9. The first-order chi connectivity index (χ1) is 13.3. The molecule has 0 spiro atoms. The van der Waals surface area contributed by atoms with Gasteiger partial charge in [0.2, 0.25) is 0 Å². The van der Waals surface area contributed by atoms with Crippen molar-refractivity contribution < 1.29 is 8.78 Å². The molecule has 0 amide bonds. The number of nitrogens with two attached hydrogens (primary N) is 1. The van der Waals surface area contributed by atoms with Crippen LogP contribution in [-0.4, -0.2) is 45.5 Å². The van der Waals surface area contributed by atoms with Gasteiger partial charge >= 0.3 is 0 Å². The number of hydrogen-bond donors (Lipinski definition) is 2. The number of rotatable bonds is 4. The molecule has 0 radical (unpaired) electrons. The van der Waals surface area contributed by atoms with Crippen LogP contribution in [0.2, 0.25) is 5.02 Å². The molecule has 4 rings (SSSR count). The lowest BCUT2D eigenvalue weighted by molar-refractivity contribution is -0.0201. The van der Waals surface area contributed by atoms with E-state index in [0.717, 1.165) is 0 Å². The summed E-state index contributed by atoms with van der Waals surface area (Å²) < 4.78 is 31.4. The molecule has 0 aliphatic carbocycles. The Morgan fingerprint density at radius 1 is 1.43 bits per heavy atom. The molecule has 2 aromatic heterocycles. The minimum Gasteiger partial charge on any atom is -0.401 e. The predicted molar refractivity (Wildman–Crippen MR) is 106 cm³/mol. The molecular formula is C19H21ClF2N6. The van der Waals surface area contributed by atoms with Gasteiger partial charge in [0.1, 0.15) is 17.4 Å². The van der Waals surface area contributed by atoms with Crippen molar-refractivity contribution in [2.24, 2.45) is 5.73 Å². The number of halogens is 3. The number of likely N-dealkylation sites (N-methyl/N-ethyl adjacent to an activating group) is 1. The maximum atomic E-state index is 14.9. The van der Waals surface area contributed by atoms with Gasteiger partial charge in [0, 0.05) is 28.9 Å². The Labute approximate surface area is 166 Å². The summed E-state index contributed by atoms with van der Waals surface area (Å²) in [6, 6.07) is 4.24. The smallest absolute Gasteiger partial charge is 0.282 e. The molecule has 3 heterocycles. The topological polar surface area (TPSA) is 72.0 Å². The van der Waals surface area contributed by atoms with Crippen LogP contribution < -0.4 is 11.1 Å². The average Bonchev–Trinajstić information content (AvgIpc) is 3.09. The molecular weight excluding hydrogens is 386 g/mol. The molecule has 1 saturated heterocycles. The van der Waals surface area contributed by atoms with Crippen molar-refractivity contribution in [2.75, 3.05) is 20.1 Å². The van der Waals surface area contributed by atoms with Crippen molar-refractivity contribution in [2.45, 2.75) is 25.4 Å². The third kappa shape index (κ3) is 3.27. The number of allylic oxidation sites excluding steroid dienone is 1. The number of aromatic nitrogens is 3. The van der Waals surface area contributed by atoms with E-state index in [2.05, 4.69) is 15.3 Å². The fourth-order valence-electron chi connectivity index (χ4n) is 3.79. The number of alkyl halides is 2. The second-order valence-corrected chi connectivity index (χ2v) is 7.73. The van der Waals surface area contributed by atoms with Crippen LogP contribution in [0.5, 0.6) is 0 Å². The average molecular weight is 407 g/mol. The second-order valence-electron chi connectivity index (χ2n) is 7.29. The van der Waals surface area contributed by atoms with Crippen molar-refractivity contribution in [1.82, 2.24) is 24.8 Å².